The van der Waals surface area contributed by atoms with E-state index >= 15 is 0 Å². The molecule has 0 radical (unpaired) electrons. The van der Waals surface area contributed by atoms with Crippen LogP contribution in [0.3, 0.4) is 0 Å². The van der Waals surface area contributed by atoms with E-state index in [1.807, 2.05) is 13.8 Å². The van der Waals surface area contributed by atoms with Crippen molar-refractivity contribution in [2.24, 2.45) is 5.92 Å². The van der Waals surface area contributed by atoms with E-state index in [9.17, 15) is 13.2 Å². The average molecular weight is 333 g/mol. The fraction of sp³-hybridized carbons (Fsp3) is 0.438. The van der Waals surface area contributed by atoms with Gasteiger partial charge >= 0.3 is 0 Å². The number of benzene rings is 1. The number of carbonyl (C=O) groups excluding carboxylic acids is 1. The molecule has 1 saturated heterocycles. The summed E-state index contributed by atoms with van der Waals surface area (Å²) in [6.07, 6.45) is 0.615. The molecule has 1 unspecified atom stereocenters. The number of aromatic nitrogens is 2. The van der Waals surface area contributed by atoms with E-state index in [2.05, 4.69) is 15.3 Å². The van der Waals surface area contributed by atoms with Crippen molar-refractivity contribution in [2.45, 2.75) is 20.3 Å². The molecule has 3 rings (SSSR count). The van der Waals surface area contributed by atoms with Gasteiger partial charge in [-0.1, -0.05) is 0 Å². The monoisotopic (exact) mass is 333 g/mol. The summed E-state index contributed by atoms with van der Waals surface area (Å²) < 4.78 is 22.9. The minimum atomic E-state index is -2.92. The first-order chi connectivity index (χ1) is 10.8. The molecule has 1 aromatic heterocycles. The second-order valence-corrected chi connectivity index (χ2v) is 8.31. The molecule has 6 nitrogen and oxygen atoms in total. The second-order valence-electron chi connectivity index (χ2n) is 6.08. The number of amides is 1. The maximum Gasteiger partial charge on any atom is 0.251 e. The fourth-order valence-corrected chi connectivity index (χ4v) is 4.61. The molecule has 122 valence electrons. The standard InChI is InChI=1S/C16H19N3O3S/c1-10-11(2)19-15-7-13(3-4-14(15)18-10)16(20)17-8-12-5-6-23(21,22)9-12/h3-4,7,12H,5-6,8-9H2,1-2H3,(H,17,20). The molecule has 1 amide bonds. The summed E-state index contributed by atoms with van der Waals surface area (Å²) in [4.78, 5) is 21.1. The topological polar surface area (TPSA) is 89.0 Å². The van der Waals surface area contributed by atoms with Gasteiger partial charge in [0.25, 0.3) is 5.91 Å². The van der Waals surface area contributed by atoms with Crippen molar-refractivity contribution in [3.63, 3.8) is 0 Å². The summed E-state index contributed by atoms with van der Waals surface area (Å²) in [7, 11) is -2.92. The quantitative estimate of drug-likeness (QED) is 0.917. The third-order valence-electron chi connectivity index (χ3n) is 4.22. The van der Waals surface area contributed by atoms with Gasteiger partial charge in [0.05, 0.1) is 33.9 Å². The summed E-state index contributed by atoms with van der Waals surface area (Å²) >= 11 is 0. The number of nitrogens with zero attached hydrogens (tertiary/aromatic N) is 2. The van der Waals surface area contributed by atoms with Gasteiger partial charge in [0.15, 0.2) is 9.84 Å². The van der Waals surface area contributed by atoms with Crippen molar-refractivity contribution in [1.29, 1.82) is 0 Å². The van der Waals surface area contributed by atoms with Crippen LogP contribution in [0.1, 0.15) is 28.2 Å². The molecule has 23 heavy (non-hydrogen) atoms. The van der Waals surface area contributed by atoms with Gasteiger partial charge in [0, 0.05) is 12.1 Å². The minimum absolute atomic E-state index is 0.00842. The van der Waals surface area contributed by atoms with Gasteiger partial charge < -0.3 is 5.32 Å². The fourth-order valence-electron chi connectivity index (χ4n) is 2.74. The van der Waals surface area contributed by atoms with E-state index < -0.39 is 9.84 Å². The van der Waals surface area contributed by atoms with Gasteiger partial charge in [-0.15, -0.1) is 0 Å². The van der Waals surface area contributed by atoms with Crippen LogP contribution in [0.5, 0.6) is 0 Å². The average Bonchev–Trinajstić information content (AvgIpc) is 2.85. The van der Waals surface area contributed by atoms with E-state index in [-0.39, 0.29) is 23.3 Å². The molecule has 1 aromatic carbocycles. The maximum atomic E-state index is 12.2. The Morgan fingerprint density at radius 3 is 2.57 bits per heavy atom. The summed E-state index contributed by atoms with van der Waals surface area (Å²) in [5.74, 6) is 0.178. The van der Waals surface area contributed by atoms with Gasteiger partial charge in [-0.05, 0) is 44.4 Å². The van der Waals surface area contributed by atoms with Crippen molar-refractivity contribution < 1.29 is 13.2 Å². The van der Waals surface area contributed by atoms with Crippen LogP contribution in [0.2, 0.25) is 0 Å². The molecule has 1 N–H and O–H groups in total. The van der Waals surface area contributed by atoms with Crippen LogP contribution in [0.15, 0.2) is 18.2 Å². The van der Waals surface area contributed by atoms with Gasteiger partial charge in [0.2, 0.25) is 0 Å². The largest absolute Gasteiger partial charge is 0.352 e. The third-order valence-corrected chi connectivity index (χ3v) is 6.05. The molecule has 1 fully saturated rings. The lowest BCUT2D eigenvalue weighted by atomic mass is 10.1. The molecular weight excluding hydrogens is 314 g/mol. The number of nitrogens with one attached hydrogen (secondary N) is 1. The van der Waals surface area contributed by atoms with Gasteiger partial charge in [0.1, 0.15) is 0 Å². The zero-order valence-corrected chi connectivity index (χ0v) is 14.0. The Morgan fingerprint density at radius 2 is 1.91 bits per heavy atom. The van der Waals surface area contributed by atoms with Crippen molar-refractivity contribution >= 4 is 26.8 Å². The van der Waals surface area contributed by atoms with Crippen LogP contribution in [-0.2, 0) is 9.84 Å². The zero-order chi connectivity index (χ0) is 16.6. The first-order valence-corrected chi connectivity index (χ1v) is 9.40. The molecule has 0 spiro atoms. The van der Waals surface area contributed by atoms with Crippen LogP contribution in [0.4, 0.5) is 0 Å². The molecule has 0 saturated carbocycles. The molecule has 2 aromatic rings. The van der Waals surface area contributed by atoms with E-state index in [4.69, 9.17) is 0 Å². The number of sulfone groups is 1. The van der Waals surface area contributed by atoms with E-state index in [1.54, 1.807) is 18.2 Å². The zero-order valence-electron chi connectivity index (χ0n) is 13.2. The van der Waals surface area contributed by atoms with Crippen molar-refractivity contribution in [3.05, 3.63) is 35.2 Å². The summed E-state index contributed by atoms with van der Waals surface area (Å²) in [5.41, 5.74) is 3.66. The van der Waals surface area contributed by atoms with Crippen LogP contribution in [0, 0.1) is 19.8 Å². The number of hydrogen-bond donors (Lipinski definition) is 1. The van der Waals surface area contributed by atoms with Crippen molar-refractivity contribution in [3.8, 4) is 0 Å². The highest BCUT2D eigenvalue weighted by atomic mass is 32.2. The van der Waals surface area contributed by atoms with E-state index in [0.717, 1.165) is 16.9 Å². The third kappa shape index (κ3) is 3.50. The van der Waals surface area contributed by atoms with Gasteiger partial charge in [-0.2, -0.15) is 0 Å². The Bertz CT molecular complexity index is 878. The molecule has 1 aliphatic rings. The molecule has 2 heterocycles. The summed E-state index contributed by atoms with van der Waals surface area (Å²) in [6, 6.07) is 5.21. The maximum absolute atomic E-state index is 12.2. The number of fused-ring (bicyclic) bond motifs is 1. The lowest BCUT2D eigenvalue weighted by molar-refractivity contribution is 0.0948. The molecule has 0 aliphatic carbocycles. The molecular formula is C16H19N3O3S. The molecule has 7 heteroatoms. The van der Waals surface area contributed by atoms with Gasteiger partial charge in [-0.25, -0.2) is 18.4 Å². The highest BCUT2D eigenvalue weighted by molar-refractivity contribution is 7.91. The molecule has 1 atom stereocenters. The van der Waals surface area contributed by atoms with Crippen molar-refractivity contribution in [2.75, 3.05) is 18.1 Å². The second kappa shape index (κ2) is 5.88. The van der Waals surface area contributed by atoms with E-state index in [0.29, 0.717) is 24.0 Å². The summed E-state index contributed by atoms with van der Waals surface area (Å²) in [5, 5.41) is 2.82. The Kier molecular flexibility index (Phi) is 4.06. The van der Waals surface area contributed by atoms with Gasteiger partial charge in [-0.3, -0.25) is 4.79 Å². The van der Waals surface area contributed by atoms with Crippen LogP contribution in [0.25, 0.3) is 11.0 Å². The smallest absolute Gasteiger partial charge is 0.251 e. The van der Waals surface area contributed by atoms with E-state index in [1.165, 1.54) is 0 Å². The summed E-state index contributed by atoms with van der Waals surface area (Å²) in [6.45, 7) is 4.17. The lowest BCUT2D eigenvalue weighted by Gasteiger charge is -2.10. The number of hydrogen-bond acceptors (Lipinski definition) is 5. The molecule has 0 bridgehead atoms. The SMILES string of the molecule is Cc1nc2ccc(C(=O)NCC3CCS(=O)(=O)C3)cc2nc1C. The Labute approximate surface area is 135 Å². The Balaban J connectivity index is 1.72. The number of rotatable bonds is 3. The molecule has 1 aliphatic heterocycles. The number of aryl methyl sites for hydroxylation is 2. The minimum Gasteiger partial charge on any atom is -0.352 e. The Hall–Kier alpha value is -2.02. The first kappa shape index (κ1) is 15.9. The highest BCUT2D eigenvalue weighted by Gasteiger charge is 2.28. The van der Waals surface area contributed by atoms with Crippen molar-refractivity contribution in [1.82, 2.24) is 15.3 Å². The normalized spacial score (nSPS) is 19.8. The highest BCUT2D eigenvalue weighted by Crippen LogP contribution is 2.18. The first-order valence-electron chi connectivity index (χ1n) is 7.58. The van der Waals surface area contributed by atoms with Crippen LogP contribution in [-0.4, -0.2) is 42.3 Å². The van der Waals surface area contributed by atoms with Crippen LogP contribution >= 0.6 is 0 Å². The Morgan fingerprint density at radius 1 is 1.22 bits per heavy atom. The predicted molar refractivity (Wildman–Crippen MR) is 88.1 cm³/mol. The predicted octanol–water partition coefficient (Wildman–Crippen LogP) is 1.41. The number of carbonyl (C=O) groups is 1. The lowest BCUT2D eigenvalue weighted by Crippen LogP contribution is -2.29. The van der Waals surface area contributed by atoms with Crippen LogP contribution < -0.4 is 5.32 Å².